The topological polar surface area (TPSA) is 84.2 Å². The quantitative estimate of drug-likeness (QED) is 0.580. The van der Waals surface area contributed by atoms with Crippen LogP contribution in [0, 0.1) is 5.82 Å². The average Bonchev–Trinajstić information content (AvgIpc) is 2.48. The van der Waals surface area contributed by atoms with Crippen molar-refractivity contribution < 1.29 is 14.0 Å². The highest BCUT2D eigenvalue weighted by Gasteiger charge is 2.08. The van der Waals surface area contributed by atoms with Gasteiger partial charge in [-0.05, 0) is 35.9 Å². The molecule has 0 unspecified atom stereocenters. The molecule has 4 N–H and O–H groups in total. The van der Waals surface area contributed by atoms with Crippen molar-refractivity contribution in [3.63, 3.8) is 0 Å². The number of anilines is 2. The van der Waals surface area contributed by atoms with Crippen LogP contribution in [0.25, 0.3) is 0 Å². The van der Waals surface area contributed by atoms with Crippen LogP contribution < -0.4 is 16.4 Å². The molecule has 0 fully saturated rings. The van der Waals surface area contributed by atoms with E-state index in [9.17, 15) is 14.0 Å². The molecule has 0 saturated carbocycles. The van der Waals surface area contributed by atoms with Crippen LogP contribution in [0.5, 0.6) is 0 Å². The number of amides is 2. The molecule has 0 aliphatic heterocycles. The largest absolute Gasteiger partial charge is 0.397 e. The fourth-order valence-electron chi connectivity index (χ4n) is 1.78. The molecule has 0 spiro atoms. The van der Waals surface area contributed by atoms with E-state index in [1.54, 1.807) is 24.3 Å². The van der Waals surface area contributed by atoms with Crippen LogP contribution in [-0.4, -0.2) is 12.3 Å². The van der Waals surface area contributed by atoms with E-state index in [-0.39, 0.29) is 11.6 Å². The molecule has 0 aliphatic carbocycles. The first-order chi connectivity index (χ1) is 10.1. The van der Waals surface area contributed by atoms with E-state index >= 15 is 0 Å². The summed E-state index contributed by atoms with van der Waals surface area (Å²) in [6.45, 7) is 0.399. The summed E-state index contributed by atoms with van der Waals surface area (Å²) >= 11 is 0. The summed E-state index contributed by atoms with van der Waals surface area (Å²) in [4.78, 5) is 22.2. The Bertz CT molecular complexity index is 656. The summed E-state index contributed by atoms with van der Waals surface area (Å²) in [5, 5.41) is 5.15. The normalized spacial score (nSPS) is 9.95. The van der Waals surface area contributed by atoms with Gasteiger partial charge in [0.15, 0.2) is 0 Å². The van der Waals surface area contributed by atoms with Crippen LogP contribution in [0.2, 0.25) is 0 Å². The number of nitrogens with two attached hydrogens (primary N) is 1. The number of carbonyl (C=O) groups is 2. The third-order valence-corrected chi connectivity index (χ3v) is 2.87. The van der Waals surface area contributed by atoms with Crippen LogP contribution in [0.3, 0.4) is 0 Å². The minimum Gasteiger partial charge on any atom is -0.397 e. The highest BCUT2D eigenvalue weighted by molar-refractivity contribution is 6.05. The van der Waals surface area contributed by atoms with Crippen molar-refractivity contribution >= 4 is 23.7 Å². The molecule has 5 nitrogen and oxygen atoms in total. The highest BCUT2D eigenvalue weighted by Crippen LogP contribution is 2.20. The van der Waals surface area contributed by atoms with Gasteiger partial charge in [0.05, 0.1) is 11.4 Å². The Kier molecular flexibility index (Phi) is 4.50. The van der Waals surface area contributed by atoms with Crippen LogP contribution >= 0.6 is 0 Å². The van der Waals surface area contributed by atoms with Crippen molar-refractivity contribution in [1.29, 1.82) is 0 Å². The van der Waals surface area contributed by atoms with E-state index in [1.807, 2.05) is 0 Å². The van der Waals surface area contributed by atoms with E-state index in [0.717, 1.165) is 11.6 Å². The number of hydrogen-bond donors (Lipinski definition) is 3. The first-order valence-corrected chi connectivity index (χ1v) is 6.22. The zero-order chi connectivity index (χ0) is 15.2. The molecule has 0 atom stereocenters. The van der Waals surface area contributed by atoms with Gasteiger partial charge in [-0.3, -0.25) is 9.59 Å². The molecule has 0 bridgehead atoms. The summed E-state index contributed by atoms with van der Waals surface area (Å²) in [6.07, 6.45) is 0.609. The lowest BCUT2D eigenvalue weighted by atomic mass is 10.1. The van der Waals surface area contributed by atoms with Crippen molar-refractivity contribution in [2.24, 2.45) is 0 Å². The smallest absolute Gasteiger partial charge is 0.255 e. The van der Waals surface area contributed by atoms with Gasteiger partial charge in [-0.2, -0.15) is 0 Å². The zero-order valence-corrected chi connectivity index (χ0v) is 11.1. The van der Waals surface area contributed by atoms with Crippen molar-refractivity contribution in [2.75, 3.05) is 11.1 Å². The maximum absolute atomic E-state index is 12.9. The third-order valence-electron chi connectivity index (χ3n) is 2.87. The number of rotatable bonds is 5. The third kappa shape index (κ3) is 3.79. The molecule has 2 amide bonds. The number of nitrogen functional groups attached to an aromatic ring is 1. The molecular weight excluding hydrogens is 273 g/mol. The first-order valence-electron chi connectivity index (χ1n) is 6.22. The van der Waals surface area contributed by atoms with E-state index in [2.05, 4.69) is 10.6 Å². The minimum absolute atomic E-state index is 0.162. The first kappa shape index (κ1) is 14.5. The minimum atomic E-state index is -0.461. The Labute approximate surface area is 121 Å². The van der Waals surface area contributed by atoms with Gasteiger partial charge in [0.25, 0.3) is 5.91 Å². The molecule has 6 heteroatoms. The Morgan fingerprint density at radius 1 is 1.19 bits per heavy atom. The number of carbonyl (C=O) groups excluding carboxylic acids is 2. The van der Waals surface area contributed by atoms with Gasteiger partial charge in [-0.15, -0.1) is 0 Å². The molecule has 108 valence electrons. The Morgan fingerprint density at radius 2 is 1.90 bits per heavy atom. The molecule has 0 radical (unpaired) electrons. The monoisotopic (exact) mass is 287 g/mol. The second-order valence-corrected chi connectivity index (χ2v) is 4.38. The lowest BCUT2D eigenvalue weighted by Gasteiger charge is -2.08. The fraction of sp³-hybridized carbons (Fsp3) is 0.0667. The standard InChI is InChI=1S/C15H14FN3O2/c16-12-5-6-14(13(17)7-12)19-15(21)11-3-1-10(2-4-11)8-18-9-20/h1-7,9H,8,17H2,(H,18,20)(H,19,21). The van der Waals surface area contributed by atoms with Crippen LogP contribution in [0.4, 0.5) is 15.8 Å². The van der Waals surface area contributed by atoms with E-state index in [4.69, 9.17) is 5.73 Å². The number of benzene rings is 2. The van der Waals surface area contributed by atoms with Crippen LogP contribution in [-0.2, 0) is 11.3 Å². The molecule has 0 saturated heterocycles. The van der Waals surface area contributed by atoms with Gasteiger partial charge in [-0.25, -0.2) is 4.39 Å². The second-order valence-electron chi connectivity index (χ2n) is 4.38. The van der Waals surface area contributed by atoms with Crippen molar-refractivity contribution in [1.82, 2.24) is 5.32 Å². The number of nitrogens with one attached hydrogen (secondary N) is 2. The SMILES string of the molecule is Nc1cc(F)ccc1NC(=O)c1ccc(CNC=O)cc1. The summed E-state index contributed by atoms with van der Waals surface area (Å²) in [5.41, 5.74) is 7.46. The highest BCUT2D eigenvalue weighted by atomic mass is 19.1. The summed E-state index contributed by atoms with van der Waals surface area (Å²) < 4.78 is 12.9. The average molecular weight is 287 g/mol. The summed E-state index contributed by atoms with van der Waals surface area (Å²) in [6, 6.07) is 10.5. The summed E-state index contributed by atoms with van der Waals surface area (Å²) in [7, 11) is 0. The number of halogens is 1. The zero-order valence-electron chi connectivity index (χ0n) is 11.1. The maximum Gasteiger partial charge on any atom is 0.255 e. The van der Waals surface area contributed by atoms with Gasteiger partial charge in [0, 0.05) is 12.1 Å². The molecule has 2 aromatic carbocycles. The molecule has 2 aromatic rings. The number of hydrogen-bond acceptors (Lipinski definition) is 3. The van der Waals surface area contributed by atoms with E-state index < -0.39 is 5.82 Å². The lowest BCUT2D eigenvalue weighted by molar-refractivity contribution is -0.109. The van der Waals surface area contributed by atoms with Crippen molar-refractivity contribution in [3.8, 4) is 0 Å². The summed E-state index contributed by atoms with van der Waals surface area (Å²) in [5.74, 6) is -0.805. The Morgan fingerprint density at radius 3 is 2.52 bits per heavy atom. The fourth-order valence-corrected chi connectivity index (χ4v) is 1.78. The molecule has 21 heavy (non-hydrogen) atoms. The Balaban J connectivity index is 2.07. The molecule has 0 aromatic heterocycles. The van der Waals surface area contributed by atoms with Crippen LogP contribution in [0.1, 0.15) is 15.9 Å². The van der Waals surface area contributed by atoms with Gasteiger partial charge in [0.2, 0.25) is 6.41 Å². The van der Waals surface area contributed by atoms with Crippen molar-refractivity contribution in [3.05, 3.63) is 59.4 Å². The van der Waals surface area contributed by atoms with Gasteiger partial charge < -0.3 is 16.4 Å². The predicted molar refractivity (Wildman–Crippen MR) is 78.1 cm³/mol. The molecule has 0 heterocycles. The van der Waals surface area contributed by atoms with Crippen LogP contribution in [0.15, 0.2) is 42.5 Å². The van der Waals surface area contributed by atoms with Gasteiger partial charge >= 0.3 is 0 Å². The predicted octanol–water partition coefficient (Wildman–Crippen LogP) is 1.91. The van der Waals surface area contributed by atoms with E-state index in [1.165, 1.54) is 12.1 Å². The van der Waals surface area contributed by atoms with Gasteiger partial charge in [0.1, 0.15) is 5.82 Å². The lowest BCUT2D eigenvalue weighted by Crippen LogP contribution is -2.14. The van der Waals surface area contributed by atoms with E-state index in [0.29, 0.717) is 24.2 Å². The van der Waals surface area contributed by atoms with Crippen molar-refractivity contribution in [2.45, 2.75) is 6.54 Å². The van der Waals surface area contributed by atoms with Gasteiger partial charge in [-0.1, -0.05) is 12.1 Å². The molecular formula is C15H14FN3O2. The molecule has 0 aliphatic rings. The maximum atomic E-state index is 12.9. The second kappa shape index (κ2) is 6.51. The Hall–Kier alpha value is -2.89. The molecule has 2 rings (SSSR count).